The largest absolute Gasteiger partial charge is 0.465 e. The lowest BCUT2D eigenvalue weighted by Crippen LogP contribution is -2.30. The van der Waals surface area contributed by atoms with Gasteiger partial charge in [0.2, 0.25) is 5.91 Å². The minimum atomic E-state index is -0.426. The number of rotatable bonds is 7. The molecule has 0 spiro atoms. The highest BCUT2D eigenvalue weighted by Gasteiger charge is 2.32. The second-order valence-electron chi connectivity index (χ2n) is 7.63. The highest BCUT2D eigenvalue weighted by molar-refractivity contribution is 8.00. The van der Waals surface area contributed by atoms with E-state index in [1.807, 2.05) is 35.2 Å². The summed E-state index contributed by atoms with van der Waals surface area (Å²) >= 11 is 1.61. The Morgan fingerprint density at radius 2 is 1.64 bits per heavy atom. The standard InChI is InChI=1S/C26H24N2O4S/c1-32-26(31)21-11-13-22(14-12-21)27-24(30)19-7-9-20(10-8-19)25-28(23(29)17-33-25)16-15-18-5-3-2-4-6-18/h2-14,25H,15-17H2,1H3,(H,27,30). The molecule has 2 amide bonds. The summed E-state index contributed by atoms with van der Waals surface area (Å²) in [6, 6.07) is 24.0. The van der Waals surface area contributed by atoms with Crippen LogP contribution >= 0.6 is 11.8 Å². The maximum atomic E-state index is 12.6. The van der Waals surface area contributed by atoms with Crippen molar-refractivity contribution in [2.45, 2.75) is 11.8 Å². The number of carbonyl (C=O) groups excluding carboxylic acids is 3. The normalized spacial score (nSPS) is 15.4. The van der Waals surface area contributed by atoms with Gasteiger partial charge >= 0.3 is 5.97 Å². The van der Waals surface area contributed by atoms with E-state index in [9.17, 15) is 14.4 Å². The number of benzene rings is 3. The van der Waals surface area contributed by atoms with Crippen LogP contribution in [0.2, 0.25) is 0 Å². The van der Waals surface area contributed by atoms with E-state index in [-0.39, 0.29) is 17.2 Å². The van der Waals surface area contributed by atoms with Crippen molar-refractivity contribution in [3.05, 3.63) is 101 Å². The molecule has 0 bridgehead atoms. The molecule has 168 valence electrons. The van der Waals surface area contributed by atoms with E-state index in [1.54, 1.807) is 48.2 Å². The van der Waals surface area contributed by atoms with Crippen molar-refractivity contribution in [1.82, 2.24) is 4.90 Å². The van der Waals surface area contributed by atoms with Crippen molar-refractivity contribution in [3.8, 4) is 0 Å². The van der Waals surface area contributed by atoms with Gasteiger partial charge in [-0.05, 0) is 53.9 Å². The minimum Gasteiger partial charge on any atom is -0.465 e. The third-order valence-corrected chi connectivity index (χ3v) is 6.73. The van der Waals surface area contributed by atoms with Gasteiger partial charge in [0.15, 0.2) is 0 Å². The third kappa shape index (κ3) is 5.43. The quantitative estimate of drug-likeness (QED) is 0.524. The number of ether oxygens (including phenoxy) is 1. The van der Waals surface area contributed by atoms with E-state index in [2.05, 4.69) is 22.2 Å². The Labute approximate surface area is 196 Å². The van der Waals surface area contributed by atoms with Crippen LogP contribution in [0.4, 0.5) is 5.69 Å². The summed E-state index contributed by atoms with van der Waals surface area (Å²) in [7, 11) is 1.32. The molecule has 3 aromatic carbocycles. The van der Waals surface area contributed by atoms with E-state index in [0.717, 1.165) is 12.0 Å². The molecule has 1 unspecified atom stereocenters. The van der Waals surface area contributed by atoms with Crippen LogP contribution in [0.5, 0.6) is 0 Å². The molecule has 0 aromatic heterocycles. The van der Waals surface area contributed by atoms with Crippen molar-refractivity contribution in [3.63, 3.8) is 0 Å². The number of nitrogens with zero attached hydrogens (tertiary/aromatic N) is 1. The number of hydrogen-bond acceptors (Lipinski definition) is 5. The summed E-state index contributed by atoms with van der Waals surface area (Å²) in [4.78, 5) is 38.5. The molecule has 0 saturated carbocycles. The number of esters is 1. The topological polar surface area (TPSA) is 75.7 Å². The maximum absolute atomic E-state index is 12.6. The Kier molecular flexibility index (Phi) is 7.10. The van der Waals surface area contributed by atoms with Gasteiger partial charge in [0.05, 0.1) is 18.4 Å². The predicted octanol–water partition coefficient (Wildman–Crippen LogP) is 4.54. The zero-order valence-corrected chi connectivity index (χ0v) is 19.0. The average Bonchev–Trinajstić information content (AvgIpc) is 3.23. The van der Waals surface area contributed by atoms with Crippen LogP contribution in [-0.4, -0.2) is 42.1 Å². The zero-order valence-electron chi connectivity index (χ0n) is 18.2. The Morgan fingerprint density at radius 1 is 0.970 bits per heavy atom. The second kappa shape index (κ2) is 10.4. The van der Waals surface area contributed by atoms with Gasteiger partial charge in [0.25, 0.3) is 5.91 Å². The van der Waals surface area contributed by atoms with Crippen LogP contribution in [0.3, 0.4) is 0 Å². The molecular weight excluding hydrogens is 436 g/mol. The van der Waals surface area contributed by atoms with Crippen molar-refractivity contribution < 1.29 is 19.1 Å². The molecule has 1 heterocycles. The van der Waals surface area contributed by atoms with Gasteiger partial charge in [-0.15, -0.1) is 11.8 Å². The van der Waals surface area contributed by atoms with Gasteiger partial charge < -0.3 is 15.0 Å². The van der Waals surface area contributed by atoms with E-state index >= 15 is 0 Å². The highest BCUT2D eigenvalue weighted by atomic mass is 32.2. The summed E-state index contributed by atoms with van der Waals surface area (Å²) in [5.41, 5.74) is 3.72. The first-order valence-corrected chi connectivity index (χ1v) is 11.6. The Balaban J connectivity index is 1.39. The summed E-state index contributed by atoms with van der Waals surface area (Å²) in [6.45, 7) is 0.657. The number of nitrogens with one attached hydrogen (secondary N) is 1. The predicted molar refractivity (Wildman–Crippen MR) is 129 cm³/mol. The van der Waals surface area contributed by atoms with Crippen LogP contribution in [0, 0.1) is 0 Å². The molecule has 1 aliphatic rings. The van der Waals surface area contributed by atoms with Crippen LogP contribution in [0.1, 0.15) is 37.2 Å². The van der Waals surface area contributed by atoms with E-state index in [4.69, 9.17) is 0 Å². The lowest BCUT2D eigenvalue weighted by Gasteiger charge is -2.24. The van der Waals surface area contributed by atoms with E-state index in [0.29, 0.717) is 29.1 Å². The SMILES string of the molecule is COC(=O)c1ccc(NC(=O)c2ccc(C3SCC(=O)N3CCc3ccccc3)cc2)cc1. The third-order valence-electron chi connectivity index (χ3n) is 5.47. The molecule has 1 saturated heterocycles. The first-order valence-electron chi connectivity index (χ1n) is 10.6. The zero-order chi connectivity index (χ0) is 23.2. The number of methoxy groups -OCH3 is 1. The van der Waals surface area contributed by atoms with Crippen molar-refractivity contribution >= 4 is 35.2 Å². The van der Waals surface area contributed by atoms with Crippen molar-refractivity contribution in [2.75, 3.05) is 24.7 Å². The fourth-order valence-electron chi connectivity index (χ4n) is 3.68. The van der Waals surface area contributed by atoms with Gasteiger partial charge in [-0.25, -0.2) is 4.79 Å². The molecule has 7 heteroatoms. The first kappa shape index (κ1) is 22.6. The fraction of sp³-hybridized carbons (Fsp3) is 0.192. The van der Waals surface area contributed by atoms with Crippen LogP contribution < -0.4 is 5.32 Å². The monoisotopic (exact) mass is 460 g/mol. The minimum absolute atomic E-state index is 0.0517. The maximum Gasteiger partial charge on any atom is 0.337 e. The molecule has 0 aliphatic carbocycles. The lowest BCUT2D eigenvalue weighted by atomic mass is 10.1. The van der Waals surface area contributed by atoms with E-state index in [1.165, 1.54) is 12.7 Å². The summed E-state index contributed by atoms with van der Waals surface area (Å²) < 4.78 is 4.68. The molecule has 4 rings (SSSR count). The van der Waals surface area contributed by atoms with Crippen LogP contribution in [0.25, 0.3) is 0 Å². The summed E-state index contributed by atoms with van der Waals surface area (Å²) in [6.07, 6.45) is 0.804. The molecular formula is C26H24N2O4S. The average molecular weight is 461 g/mol. The molecule has 0 radical (unpaired) electrons. The Bertz CT molecular complexity index is 1130. The van der Waals surface area contributed by atoms with Gasteiger partial charge in [0, 0.05) is 17.8 Å². The molecule has 1 N–H and O–H groups in total. The number of anilines is 1. The van der Waals surface area contributed by atoms with Gasteiger partial charge in [-0.2, -0.15) is 0 Å². The van der Waals surface area contributed by atoms with Crippen molar-refractivity contribution in [2.24, 2.45) is 0 Å². The van der Waals surface area contributed by atoms with E-state index < -0.39 is 5.97 Å². The molecule has 6 nitrogen and oxygen atoms in total. The number of hydrogen-bond donors (Lipinski definition) is 1. The molecule has 1 fully saturated rings. The summed E-state index contributed by atoms with van der Waals surface area (Å²) in [5, 5.41) is 2.77. The van der Waals surface area contributed by atoms with Gasteiger partial charge in [-0.1, -0.05) is 42.5 Å². The smallest absolute Gasteiger partial charge is 0.337 e. The fourth-order valence-corrected chi connectivity index (χ4v) is 4.89. The van der Waals surface area contributed by atoms with Gasteiger partial charge in [-0.3, -0.25) is 9.59 Å². The number of thioether (sulfide) groups is 1. The molecule has 3 aromatic rings. The van der Waals surface area contributed by atoms with Crippen LogP contribution in [0.15, 0.2) is 78.9 Å². The number of carbonyl (C=O) groups is 3. The second-order valence-corrected chi connectivity index (χ2v) is 8.70. The molecule has 33 heavy (non-hydrogen) atoms. The first-order chi connectivity index (χ1) is 16.0. The lowest BCUT2D eigenvalue weighted by molar-refractivity contribution is -0.128. The number of amides is 2. The van der Waals surface area contributed by atoms with Gasteiger partial charge in [0.1, 0.15) is 5.37 Å². The highest BCUT2D eigenvalue weighted by Crippen LogP contribution is 2.38. The van der Waals surface area contributed by atoms with Crippen LogP contribution in [-0.2, 0) is 16.0 Å². The molecule has 1 atom stereocenters. The summed E-state index contributed by atoms with van der Waals surface area (Å²) in [5.74, 6) is -0.0744. The Hall–Kier alpha value is -3.58. The Morgan fingerprint density at radius 3 is 2.30 bits per heavy atom. The van der Waals surface area contributed by atoms with Crippen molar-refractivity contribution in [1.29, 1.82) is 0 Å². The molecule has 1 aliphatic heterocycles.